The van der Waals surface area contributed by atoms with Crippen LogP contribution in [0.1, 0.15) is 20.7 Å². The molecule has 0 spiro atoms. The molecule has 0 saturated carbocycles. The number of fused-ring (bicyclic) bond motifs is 1. The van der Waals surface area contributed by atoms with Gasteiger partial charge in [-0.15, -0.1) is 0 Å². The molecular weight excluding hydrogens is 328 g/mol. The summed E-state index contributed by atoms with van der Waals surface area (Å²) in [7, 11) is 0. The Morgan fingerprint density at radius 1 is 0.833 bits per heavy atom. The minimum atomic E-state index is -0.617. The van der Waals surface area contributed by atoms with Crippen LogP contribution in [0.15, 0.2) is 60.7 Å². The van der Waals surface area contributed by atoms with Crippen molar-refractivity contribution in [3.63, 3.8) is 0 Å². The number of benzene rings is 3. The molecule has 0 atom stereocenters. The number of aromatic hydroxyl groups is 1. The number of halogens is 1. The van der Waals surface area contributed by atoms with Gasteiger partial charge in [-0.3, -0.25) is 20.4 Å². The van der Waals surface area contributed by atoms with E-state index in [2.05, 4.69) is 10.9 Å². The molecule has 3 N–H and O–H groups in total. The minimum absolute atomic E-state index is 0.0695. The summed E-state index contributed by atoms with van der Waals surface area (Å²) in [6.45, 7) is 0. The average Bonchev–Trinajstić information content (AvgIpc) is 2.58. The highest BCUT2D eigenvalue weighted by atomic mass is 35.5. The molecule has 120 valence electrons. The van der Waals surface area contributed by atoms with Crippen molar-refractivity contribution in [3.05, 3.63) is 76.8 Å². The summed E-state index contributed by atoms with van der Waals surface area (Å²) >= 11 is 5.82. The first-order valence-corrected chi connectivity index (χ1v) is 7.50. The molecule has 0 aliphatic heterocycles. The first-order valence-electron chi connectivity index (χ1n) is 7.12. The van der Waals surface area contributed by atoms with Crippen molar-refractivity contribution in [1.29, 1.82) is 0 Å². The SMILES string of the molecule is O=C(NNC(=O)c1cc2ccccc2cc1O)c1cccc(Cl)c1. The zero-order chi connectivity index (χ0) is 17.1. The van der Waals surface area contributed by atoms with Crippen LogP contribution in [0.5, 0.6) is 5.75 Å². The number of carbonyl (C=O) groups excluding carboxylic acids is 2. The van der Waals surface area contributed by atoms with Gasteiger partial charge in [0.1, 0.15) is 5.75 Å². The molecule has 0 saturated heterocycles. The van der Waals surface area contributed by atoms with Crippen molar-refractivity contribution in [2.75, 3.05) is 0 Å². The predicted octanol–water partition coefficient (Wildman–Crippen LogP) is 3.27. The van der Waals surface area contributed by atoms with Crippen LogP contribution in [0.25, 0.3) is 10.8 Å². The summed E-state index contributed by atoms with van der Waals surface area (Å²) in [5.41, 5.74) is 4.95. The highest BCUT2D eigenvalue weighted by Crippen LogP contribution is 2.24. The summed E-state index contributed by atoms with van der Waals surface area (Å²) in [5, 5.41) is 12.0. The first kappa shape index (κ1) is 15.8. The maximum atomic E-state index is 12.2. The van der Waals surface area contributed by atoms with Crippen LogP contribution in [-0.4, -0.2) is 16.9 Å². The third kappa shape index (κ3) is 3.31. The Labute approximate surface area is 142 Å². The average molecular weight is 341 g/mol. The fourth-order valence-electron chi connectivity index (χ4n) is 2.29. The van der Waals surface area contributed by atoms with Crippen LogP contribution in [0.4, 0.5) is 0 Å². The van der Waals surface area contributed by atoms with E-state index < -0.39 is 11.8 Å². The van der Waals surface area contributed by atoms with Crippen LogP contribution >= 0.6 is 11.6 Å². The van der Waals surface area contributed by atoms with Crippen molar-refractivity contribution in [3.8, 4) is 5.75 Å². The van der Waals surface area contributed by atoms with Crippen molar-refractivity contribution in [2.45, 2.75) is 0 Å². The number of phenolic OH excluding ortho intramolecular Hbond substituents is 1. The van der Waals surface area contributed by atoms with Gasteiger partial charge in [0.25, 0.3) is 11.8 Å². The van der Waals surface area contributed by atoms with E-state index in [1.54, 1.807) is 24.3 Å². The van der Waals surface area contributed by atoms with Crippen molar-refractivity contribution in [1.82, 2.24) is 10.9 Å². The molecule has 0 heterocycles. The van der Waals surface area contributed by atoms with Crippen LogP contribution < -0.4 is 10.9 Å². The number of phenols is 1. The van der Waals surface area contributed by atoms with Gasteiger partial charge < -0.3 is 5.11 Å². The van der Waals surface area contributed by atoms with E-state index in [1.165, 1.54) is 12.1 Å². The molecule has 3 rings (SSSR count). The third-order valence-corrected chi connectivity index (χ3v) is 3.72. The number of hydrogen-bond donors (Lipinski definition) is 3. The lowest BCUT2D eigenvalue weighted by Crippen LogP contribution is -2.41. The van der Waals surface area contributed by atoms with Gasteiger partial charge >= 0.3 is 0 Å². The second-order valence-electron chi connectivity index (χ2n) is 5.14. The monoisotopic (exact) mass is 340 g/mol. The molecule has 6 heteroatoms. The Morgan fingerprint density at radius 2 is 1.50 bits per heavy atom. The smallest absolute Gasteiger partial charge is 0.273 e. The number of hydrogen-bond acceptors (Lipinski definition) is 3. The largest absolute Gasteiger partial charge is 0.507 e. The predicted molar refractivity (Wildman–Crippen MR) is 92.0 cm³/mol. The van der Waals surface area contributed by atoms with Gasteiger partial charge in [0, 0.05) is 10.6 Å². The third-order valence-electron chi connectivity index (χ3n) is 3.49. The van der Waals surface area contributed by atoms with Gasteiger partial charge in [-0.2, -0.15) is 0 Å². The summed E-state index contributed by atoms with van der Waals surface area (Å²) in [6, 6.07) is 16.7. The molecule has 0 bridgehead atoms. The van der Waals surface area contributed by atoms with E-state index in [4.69, 9.17) is 11.6 Å². The fraction of sp³-hybridized carbons (Fsp3) is 0. The van der Waals surface area contributed by atoms with Gasteiger partial charge in [-0.25, -0.2) is 0 Å². The Kier molecular flexibility index (Phi) is 4.35. The number of hydrazine groups is 1. The van der Waals surface area contributed by atoms with Gasteiger partial charge in [0.05, 0.1) is 5.56 Å². The molecule has 0 radical (unpaired) electrons. The highest BCUT2D eigenvalue weighted by molar-refractivity contribution is 6.31. The zero-order valence-electron chi connectivity index (χ0n) is 12.4. The van der Waals surface area contributed by atoms with E-state index in [-0.39, 0.29) is 11.3 Å². The topological polar surface area (TPSA) is 78.4 Å². The van der Waals surface area contributed by atoms with E-state index in [0.717, 1.165) is 10.8 Å². The van der Waals surface area contributed by atoms with Gasteiger partial charge in [-0.1, -0.05) is 41.9 Å². The summed E-state index contributed by atoms with van der Waals surface area (Å²) in [5.74, 6) is -1.29. The molecule has 0 unspecified atom stereocenters. The van der Waals surface area contributed by atoms with Crippen LogP contribution in [0.3, 0.4) is 0 Å². The highest BCUT2D eigenvalue weighted by Gasteiger charge is 2.14. The van der Waals surface area contributed by atoms with E-state index in [9.17, 15) is 14.7 Å². The lowest BCUT2D eigenvalue weighted by molar-refractivity contribution is 0.0845. The molecule has 0 aliphatic rings. The maximum Gasteiger partial charge on any atom is 0.273 e. The van der Waals surface area contributed by atoms with Gasteiger partial charge in [0.2, 0.25) is 0 Å². The summed E-state index contributed by atoms with van der Waals surface area (Å²) < 4.78 is 0. The molecule has 5 nitrogen and oxygen atoms in total. The molecule has 3 aromatic rings. The molecule has 2 amide bonds. The van der Waals surface area contributed by atoms with Crippen LogP contribution in [0, 0.1) is 0 Å². The van der Waals surface area contributed by atoms with Gasteiger partial charge in [-0.05, 0) is 41.1 Å². The molecule has 24 heavy (non-hydrogen) atoms. The fourth-order valence-corrected chi connectivity index (χ4v) is 2.48. The Hall–Kier alpha value is -3.05. The molecule has 0 aliphatic carbocycles. The second-order valence-corrected chi connectivity index (χ2v) is 5.57. The lowest BCUT2D eigenvalue weighted by atomic mass is 10.1. The Balaban J connectivity index is 1.75. The van der Waals surface area contributed by atoms with Gasteiger partial charge in [0.15, 0.2) is 0 Å². The van der Waals surface area contributed by atoms with E-state index in [1.807, 2.05) is 24.3 Å². The maximum absolute atomic E-state index is 12.2. The standard InChI is InChI=1S/C18H13ClN2O3/c19-14-7-3-6-13(8-14)17(23)20-21-18(24)15-9-11-4-1-2-5-12(11)10-16(15)22/h1-10,22H,(H,20,23)(H,21,24). The van der Waals surface area contributed by atoms with Crippen molar-refractivity contribution in [2.24, 2.45) is 0 Å². The summed E-state index contributed by atoms with van der Waals surface area (Å²) in [4.78, 5) is 24.2. The van der Waals surface area contributed by atoms with E-state index in [0.29, 0.717) is 10.6 Å². The number of nitrogens with one attached hydrogen (secondary N) is 2. The first-order chi connectivity index (χ1) is 11.5. The van der Waals surface area contributed by atoms with Crippen LogP contribution in [-0.2, 0) is 0 Å². The summed E-state index contributed by atoms with van der Waals surface area (Å²) in [6.07, 6.45) is 0. The quantitative estimate of drug-likeness (QED) is 0.626. The number of carbonyl (C=O) groups is 2. The Morgan fingerprint density at radius 3 is 2.21 bits per heavy atom. The lowest BCUT2D eigenvalue weighted by Gasteiger charge is -2.10. The molecule has 0 aromatic heterocycles. The molecule has 3 aromatic carbocycles. The normalized spacial score (nSPS) is 10.4. The number of rotatable bonds is 2. The van der Waals surface area contributed by atoms with Crippen molar-refractivity contribution < 1.29 is 14.7 Å². The Bertz CT molecular complexity index is 940. The van der Waals surface area contributed by atoms with Crippen molar-refractivity contribution >= 4 is 34.2 Å². The zero-order valence-corrected chi connectivity index (χ0v) is 13.2. The molecular formula is C18H13ClN2O3. The van der Waals surface area contributed by atoms with E-state index >= 15 is 0 Å². The van der Waals surface area contributed by atoms with Crippen LogP contribution in [0.2, 0.25) is 5.02 Å². The molecule has 0 fully saturated rings. The number of amides is 2. The minimum Gasteiger partial charge on any atom is -0.507 e. The second kappa shape index (κ2) is 6.60.